The highest BCUT2D eigenvalue weighted by Crippen LogP contribution is 2.34. The molecule has 0 bridgehead atoms. The molecule has 21 heavy (non-hydrogen) atoms. The van der Waals surface area contributed by atoms with E-state index < -0.39 is 0 Å². The summed E-state index contributed by atoms with van der Waals surface area (Å²) in [5.74, 6) is 2.38. The van der Waals surface area contributed by atoms with E-state index in [1.807, 2.05) is 24.4 Å². The molecule has 0 radical (unpaired) electrons. The van der Waals surface area contributed by atoms with Crippen LogP contribution in [0.3, 0.4) is 0 Å². The van der Waals surface area contributed by atoms with Crippen molar-refractivity contribution in [1.82, 2.24) is 4.98 Å². The fraction of sp³-hybridized carbons (Fsp3) is 0.471. The molecule has 0 amide bonds. The van der Waals surface area contributed by atoms with E-state index in [-0.39, 0.29) is 0 Å². The molecule has 2 aromatic rings. The summed E-state index contributed by atoms with van der Waals surface area (Å²) in [6.45, 7) is 4.40. The number of nitrogens with one attached hydrogen (secondary N) is 1. The number of methoxy groups -OCH3 is 2. The highest BCUT2D eigenvalue weighted by atomic mass is 16.5. The van der Waals surface area contributed by atoms with Crippen molar-refractivity contribution in [2.24, 2.45) is 0 Å². The highest BCUT2D eigenvalue weighted by molar-refractivity contribution is 5.94. The molecule has 4 nitrogen and oxygen atoms in total. The molecule has 0 aliphatic rings. The van der Waals surface area contributed by atoms with Crippen LogP contribution in [0.4, 0.5) is 5.82 Å². The van der Waals surface area contributed by atoms with E-state index in [0.717, 1.165) is 47.4 Å². The molecule has 1 aromatic carbocycles. The second-order valence-electron chi connectivity index (χ2n) is 5.13. The Balaban J connectivity index is 2.44. The zero-order valence-corrected chi connectivity index (χ0v) is 13.3. The van der Waals surface area contributed by atoms with Gasteiger partial charge in [-0.05, 0) is 36.4 Å². The van der Waals surface area contributed by atoms with E-state index in [1.165, 1.54) is 0 Å². The third kappa shape index (κ3) is 3.38. The Morgan fingerprint density at radius 3 is 2.48 bits per heavy atom. The van der Waals surface area contributed by atoms with Gasteiger partial charge < -0.3 is 14.8 Å². The van der Waals surface area contributed by atoms with E-state index in [1.54, 1.807) is 14.2 Å². The molecular weight excluding hydrogens is 264 g/mol. The molecule has 0 spiro atoms. The zero-order valence-electron chi connectivity index (χ0n) is 13.3. The molecule has 0 saturated heterocycles. The number of aromatic nitrogens is 1. The van der Waals surface area contributed by atoms with Crippen LogP contribution < -0.4 is 14.8 Å². The van der Waals surface area contributed by atoms with Crippen molar-refractivity contribution in [3.05, 3.63) is 24.4 Å². The maximum atomic E-state index is 5.40. The minimum absolute atomic E-state index is 0.446. The van der Waals surface area contributed by atoms with Crippen LogP contribution in [0.5, 0.6) is 11.5 Å². The number of nitrogens with zero attached hydrogens (tertiary/aromatic N) is 1. The first kappa shape index (κ1) is 15.4. The smallest absolute Gasteiger partial charge is 0.161 e. The van der Waals surface area contributed by atoms with Gasteiger partial charge in [-0.2, -0.15) is 0 Å². The molecular formula is C17H24N2O2. The van der Waals surface area contributed by atoms with Gasteiger partial charge in [-0.1, -0.05) is 20.3 Å². The van der Waals surface area contributed by atoms with Crippen LogP contribution in [0.2, 0.25) is 0 Å². The average molecular weight is 288 g/mol. The van der Waals surface area contributed by atoms with E-state index in [9.17, 15) is 0 Å². The Morgan fingerprint density at radius 2 is 1.86 bits per heavy atom. The Bertz CT molecular complexity index is 599. The summed E-state index contributed by atoms with van der Waals surface area (Å²) >= 11 is 0. The lowest BCUT2D eigenvalue weighted by Crippen LogP contribution is -2.18. The maximum absolute atomic E-state index is 5.40. The number of ether oxygens (including phenoxy) is 2. The quantitative estimate of drug-likeness (QED) is 0.827. The van der Waals surface area contributed by atoms with Gasteiger partial charge in [0.25, 0.3) is 0 Å². The molecule has 1 unspecified atom stereocenters. The van der Waals surface area contributed by atoms with Gasteiger partial charge >= 0.3 is 0 Å². The lowest BCUT2D eigenvalue weighted by atomic mass is 10.1. The van der Waals surface area contributed by atoms with Crippen molar-refractivity contribution in [3.8, 4) is 11.5 Å². The van der Waals surface area contributed by atoms with Crippen molar-refractivity contribution in [3.63, 3.8) is 0 Å². The van der Waals surface area contributed by atoms with Crippen LogP contribution in [0.25, 0.3) is 10.8 Å². The van der Waals surface area contributed by atoms with Crippen molar-refractivity contribution in [1.29, 1.82) is 0 Å². The van der Waals surface area contributed by atoms with Crippen LogP contribution in [0, 0.1) is 0 Å². The summed E-state index contributed by atoms with van der Waals surface area (Å²) in [6, 6.07) is 6.41. The van der Waals surface area contributed by atoms with Gasteiger partial charge in [-0.25, -0.2) is 4.98 Å². The number of hydrogen-bond acceptors (Lipinski definition) is 4. The second kappa shape index (κ2) is 7.16. The van der Waals surface area contributed by atoms with Gasteiger partial charge in [-0.15, -0.1) is 0 Å². The monoisotopic (exact) mass is 288 g/mol. The lowest BCUT2D eigenvalue weighted by molar-refractivity contribution is 0.356. The molecule has 0 fully saturated rings. The van der Waals surface area contributed by atoms with Crippen molar-refractivity contribution < 1.29 is 9.47 Å². The topological polar surface area (TPSA) is 43.4 Å². The van der Waals surface area contributed by atoms with Gasteiger partial charge in [0.05, 0.1) is 14.2 Å². The largest absolute Gasteiger partial charge is 0.493 e. The maximum Gasteiger partial charge on any atom is 0.161 e. The number of anilines is 1. The third-order valence-corrected chi connectivity index (χ3v) is 3.74. The molecule has 114 valence electrons. The molecule has 1 aromatic heterocycles. The van der Waals surface area contributed by atoms with Crippen LogP contribution in [0.1, 0.15) is 33.1 Å². The van der Waals surface area contributed by atoms with E-state index in [0.29, 0.717) is 6.04 Å². The molecule has 0 aliphatic heterocycles. The number of fused-ring (bicyclic) bond motifs is 1. The van der Waals surface area contributed by atoms with E-state index in [4.69, 9.17) is 9.47 Å². The number of hydrogen-bond donors (Lipinski definition) is 1. The van der Waals surface area contributed by atoms with Crippen LogP contribution >= 0.6 is 0 Å². The van der Waals surface area contributed by atoms with Crippen LogP contribution in [-0.2, 0) is 0 Å². The van der Waals surface area contributed by atoms with Crippen LogP contribution in [-0.4, -0.2) is 25.2 Å². The van der Waals surface area contributed by atoms with Gasteiger partial charge in [0.2, 0.25) is 0 Å². The summed E-state index contributed by atoms with van der Waals surface area (Å²) < 4.78 is 10.8. The third-order valence-electron chi connectivity index (χ3n) is 3.74. The predicted octanol–water partition coefficient (Wildman–Crippen LogP) is 4.24. The molecule has 1 heterocycles. The van der Waals surface area contributed by atoms with E-state index >= 15 is 0 Å². The Morgan fingerprint density at radius 1 is 1.14 bits per heavy atom. The average Bonchev–Trinajstić information content (AvgIpc) is 2.53. The lowest BCUT2D eigenvalue weighted by Gasteiger charge is -2.18. The van der Waals surface area contributed by atoms with Gasteiger partial charge in [0.15, 0.2) is 11.5 Å². The minimum atomic E-state index is 0.446. The number of benzene rings is 1. The summed E-state index contributed by atoms with van der Waals surface area (Å²) in [5.41, 5.74) is 0. The minimum Gasteiger partial charge on any atom is -0.493 e. The standard InChI is InChI=1S/C17H24N2O2/c1-5-7-13(6-2)19-17-14-11-16(21-4)15(20-3)10-12(14)8-9-18-17/h8-11,13H,5-7H2,1-4H3,(H,18,19). The summed E-state index contributed by atoms with van der Waals surface area (Å²) in [7, 11) is 3.30. The first-order valence-corrected chi connectivity index (χ1v) is 7.50. The van der Waals surface area contributed by atoms with Crippen LogP contribution in [0.15, 0.2) is 24.4 Å². The highest BCUT2D eigenvalue weighted by Gasteiger charge is 2.12. The Hall–Kier alpha value is -1.97. The van der Waals surface area contributed by atoms with E-state index in [2.05, 4.69) is 24.1 Å². The van der Waals surface area contributed by atoms with Crippen molar-refractivity contribution in [2.45, 2.75) is 39.2 Å². The van der Waals surface area contributed by atoms with Crippen molar-refractivity contribution in [2.75, 3.05) is 19.5 Å². The predicted molar refractivity (Wildman–Crippen MR) is 87.5 cm³/mol. The summed E-state index contributed by atoms with van der Waals surface area (Å²) in [6.07, 6.45) is 5.21. The normalized spacial score (nSPS) is 12.2. The number of pyridine rings is 1. The number of rotatable bonds is 7. The van der Waals surface area contributed by atoms with Gasteiger partial charge in [-0.3, -0.25) is 0 Å². The summed E-state index contributed by atoms with van der Waals surface area (Å²) in [4.78, 5) is 4.50. The summed E-state index contributed by atoms with van der Waals surface area (Å²) in [5, 5.41) is 5.71. The molecule has 4 heteroatoms. The molecule has 0 saturated carbocycles. The molecule has 0 aliphatic carbocycles. The Labute approximate surface area is 126 Å². The zero-order chi connectivity index (χ0) is 15.2. The first-order chi connectivity index (χ1) is 10.2. The molecule has 2 rings (SSSR count). The van der Waals surface area contributed by atoms with Gasteiger partial charge in [0, 0.05) is 17.6 Å². The fourth-order valence-corrected chi connectivity index (χ4v) is 2.53. The van der Waals surface area contributed by atoms with Gasteiger partial charge in [0.1, 0.15) is 5.82 Å². The molecule has 1 atom stereocenters. The molecule has 1 N–H and O–H groups in total. The first-order valence-electron chi connectivity index (χ1n) is 7.50. The Kier molecular flexibility index (Phi) is 5.26. The van der Waals surface area contributed by atoms with Crippen molar-refractivity contribution >= 4 is 16.6 Å². The SMILES string of the molecule is CCCC(CC)Nc1nccc2cc(OC)c(OC)cc12. The second-order valence-corrected chi connectivity index (χ2v) is 5.13. The fourth-order valence-electron chi connectivity index (χ4n) is 2.53.